The zero-order valence-electron chi connectivity index (χ0n) is 13.8. The molecule has 0 aromatic carbocycles. The highest BCUT2D eigenvalue weighted by Crippen LogP contribution is 2.31. The van der Waals surface area contributed by atoms with Gasteiger partial charge in [-0.3, -0.25) is 14.5 Å². The Morgan fingerprint density at radius 3 is 2.96 bits per heavy atom. The quantitative estimate of drug-likeness (QED) is 0.829. The van der Waals surface area contributed by atoms with E-state index >= 15 is 0 Å². The van der Waals surface area contributed by atoms with Crippen LogP contribution in [0.2, 0.25) is 0 Å². The van der Waals surface area contributed by atoms with Crippen LogP contribution in [-0.4, -0.2) is 50.3 Å². The summed E-state index contributed by atoms with van der Waals surface area (Å²) in [6.07, 6.45) is 9.16. The van der Waals surface area contributed by atoms with Crippen LogP contribution >= 0.6 is 0 Å². The van der Waals surface area contributed by atoms with Gasteiger partial charge in [0.05, 0.1) is 18.5 Å². The maximum Gasteiger partial charge on any atom is 0.274 e. The van der Waals surface area contributed by atoms with Crippen LogP contribution in [0.4, 0.5) is 0 Å². The smallest absolute Gasteiger partial charge is 0.274 e. The highest BCUT2D eigenvalue weighted by atomic mass is 16.5. The Morgan fingerprint density at radius 2 is 2.21 bits per heavy atom. The lowest BCUT2D eigenvalue weighted by molar-refractivity contribution is 0.0620. The van der Waals surface area contributed by atoms with Crippen molar-refractivity contribution in [3.8, 4) is 0 Å². The molecule has 2 aromatic rings. The van der Waals surface area contributed by atoms with Gasteiger partial charge >= 0.3 is 0 Å². The molecular formula is C17H21N5O2. The number of fused-ring (bicyclic) bond motifs is 1. The molecule has 0 radical (unpaired) electrons. The SMILES string of the molecule is Cn1cc2c(n1)C(COCC1CC1)CN(C(=O)c1cnccn1)C2. The van der Waals surface area contributed by atoms with E-state index < -0.39 is 0 Å². The van der Waals surface area contributed by atoms with Crippen molar-refractivity contribution in [2.24, 2.45) is 13.0 Å². The molecule has 1 aliphatic carbocycles. The van der Waals surface area contributed by atoms with Gasteiger partial charge in [-0.2, -0.15) is 5.10 Å². The summed E-state index contributed by atoms with van der Waals surface area (Å²) in [4.78, 5) is 22.6. The van der Waals surface area contributed by atoms with Crippen molar-refractivity contribution in [2.45, 2.75) is 25.3 Å². The number of aryl methyl sites for hydroxylation is 1. The fourth-order valence-electron chi connectivity index (χ4n) is 3.16. The van der Waals surface area contributed by atoms with E-state index in [0.29, 0.717) is 25.4 Å². The van der Waals surface area contributed by atoms with Gasteiger partial charge in [-0.05, 0) is 18.8 Å². The van der Waals surface area contributed by atoms with Gasteiger partial charge in [-0.25, -0.2) is 4.98 Å². The largest absolute Gasteiger partial charge is 0.380 e. The minimum Gasteiger partial charge on any atom is -0.380 e. The van der Waals surface area contributed by atoms with Crippen LogP contribution in [0.1, 0.15) is 40.5 Å². The molecule has 1 aliphatic heterocycles. The van der Waals surface area contributed by atoms with Crippen LogP contribution < -0.4 is 0 Å². The number of carbonyl (C=O) groups excluding carboxylic acids is 1. The molecule has 0 spiro atoms. The minimum atomic E-state index is -0.0928. The van der Waals surface area contributed by atoms with Crippen molar-refractivity contribution >= 4 is 5.91 Å². The molecule has 0 bridgehead atoms. The molecule has 126 valence electrons. The van der Waals surface area contributed by atoms with Gasteiger partial charge < -0.3 is 9.64 Å². The minimum absolute atomic E-state index is 0.0928. The maximum atomic E-state index is 12.7. The van der Waals surface area contributed by atoms with E-state index in [1.807, 2.05) is 22.8 Å². The van der Waals surface area contributed by atoms with Gasteiger partial charge in [0.15, 0.2) is 0 Å². The van der Waals surface area contributed by atoms with Gasteiger partial charge in [-0.15, -0.1) is 0 Å². The van der Waals surface area contributed by atoms with Crippen LogP contribution in [0.3, 0.4) is 0 Å². The molecule has 7 heteroatoms. The number of amides is 1. The van der Waals surface area contributed by atoms with Gasteiger partial charge in [-0.1, -0.05) is 0 Å². The molecular weight excluding hydrogens is 306 g/mol. The molecule has 1 amide bonds. The molecule has 24 heavy (non-hydrogen) atoms. The van der Waals surface area contributed by atoms with Crippen molar-refractivity contribution in [2.75, 3.05) is 19.8 Å². The summed E-state index contributed by atoms with van der Waals surface area (Å²) >= 11 is 0. The Kier molecular flexibility index (Phi) is 4.02. The van der Waals surface area contributed by atoms with Crippen LogP contribution in [0.25, 0.3) is 0 Å². The molecule has 4 rings (SSSR count). The second-order valence-electron chi connectivity index (χ2n) is 6.67. The van der Waals surface area contributed by atoms with Gasteiger partial charge in [0.1, 0.15) is 5.69 Å². The Hall–Kier alpha value is -2.28. The molecule has 3 heterocycles. The zero-order valence-corrected chi connectivity index (χ0v) is 13.8. The molecule has 1 unspecified atom stereocenters. The molecule has 1 fully saturated rings. The van der Waals surface area contributed by atoms with E-state index in [-0.39, 0.29) is 11.8 Å². The predicted molar refractivity (Wildman–Crippen MR) is 86.3 cm³/mol. The fourth-order valence-corrected chi connectivity index (χ4v) is 3.16. The Bertz CT molecular complexity index is 726. The van der Waals surface area contributed by atoms with E-state index in [1.54, 1.807) is 12.4 Å². The van der Waals surface area contributed by atoms with Crippen molar-refractivity contribution in [3.05, 3.63) is 41.7 Å². The van der Waals surface area contributed by atoms with Gasteiger partial charge in [0.2, 0.25) is 0 Å². The summed E-state index contributed by atoms with van der Waals surface area (Å²) in [5.41, 5.74) is 2.51. The monoisotopic (exact) mass is 327 g/mol. The number of carbonyl (C=O) groups is 1. The van der Waals surface area contributed by atoms with E-state index in [4.69, 9.17) is 4.74 Å². The summed E-state index contributed by atoms with van der Waals surface area (Å²) in [6, 6.07) is 0. The predicted octanol–water partition coefficient (Wildman–Crippen LogP) is 1.38. The summed E-state index contributed by atoms with van der Waals surface area (Å²) in [5.74, 6) is 0.744. The summed E-state index contributed by atoms with van der Waals surface area (Å²) in [5, 5.41) is 4.58. The maximum absolute atomic E-state index is 12.7. The summed E-state index contributed by atoms with van der Waals surface area (Å²) in [6.45, 7) is 2.57. The average molecular weight is 327 g/mol. The number of rotatable bonds is 5. The van der Waals surface area contributed by atoms with Crippen LogP contribution in [-0.2, 0) is 18.3 Å². The summed E-state index contributed by atoms with van der Waals surface area (Å²) in [7, 11) is 1.91. The second kappa shape index (κ2) is 6.32. The molecule has 0 N–H and O–H groups in total. The van der Waals surface area contributed by atoms with Crippen molar-refractivity contribution in [1.29, 1.82) is 0 Å². The number of nitrogens with zero attached hydrogens (tertiary/aromatic N) is 5. The fraction of sp³-hybridized carbons (Fsp3) is 0.529. The van der Waals surface area contributed by atoms with Gasteiger partial charge in [0, 0.05) is 56.8 Å². The van der Waals surface area contributed by atoms with E-state index in [9.17, 15) is 4.79 Å². The lowest BCUT2D eigenvalue weighted by Crippen LogP contribution is -2.39. The first-order valence-corrected chi connectivity index (χ1v) is 8.36. The van der Waals surface area contributed by atoms with E-state index in [2.05, 4.69) is 15.1 Å². The second-order valence-corrected chi connectivity index (χ2v) is 6.67. The Balaban J connectivity index is 1.51. The van der Waals surface area contributed by atoms with E-state index in [1.165, 1.54) is 19.0 Å². The lowest BCUT2D eigenvalue weighted by Gasteiger charge is -2.31. The van der Waals surface area contributed by atoms with Crippen LogP contribution in [0, 0.1) is 5.92 Å². The normalized spacial score (nSPS) is 20.0. The highest BCUT2D eigenvalue weighted by Gasteiger charge is 2.32. The molecule has 1 atom stereocenters. The van der Waals surface area contributed by atoms with E-state index in [0.717, 1.165) is 23.8 Å². The Labute approximate surface area is 140 Å². The molecule has 7 nitrogen and oxygen atoms in total. The standard InChI is InChI=1S/C17H21N5O2/c1-21-7-13-8-22(17(23)15-6-18-4-5-19-15)9-14(16(13)20-21)11-24-10-12-2-3-12/h4-7,12,14H,2-3,8-11H2,1H3. The summed E-state index contributed by atoms with van der Waals surface area (Å²) < 4.78 is 7.70. The van der Waals surface area contributed by atoms with Crippen molar-refractivity contribution in [3.63, 3.8) is 0 Å². The third-order valence-electron chi connectivity index (χ3n) is 4.56. The average Bonchev–Trinajstić information content (AvgIpc) is 3.34. The molecule has 2 aliphatic rings. The third kappa shape index (κ3) is 3.17. The number of hydrogen-bond acceptors (Lipinski definition) is 5. The van der Waals surface area contributed by atoms with Crippen LogP contribution in [0.5, 0.6) is 0 Å². The Morgan fingerprint density at radius 1 is 1.33 bits per heavy atom. The van der Waals surface area contributed by atoms with Crippen LogP contribution in [0.15, 0.2) is 24.8 Å². The first-order valence-electron chi connectivity index (χ1n) is 8.36. The third-order valence-corrected chi connectivity index (χ3v) is 4.56. The highest BCUT2D eigenvalue weighted by molar-refractivity contribution is 5.92. The van der Waals surface area contributed by atoms with Crippen molar-refractivity contribution < 1.29 is 9.53 Å². The van der Waals surface area contributed by atoms with Crippen molar-refractivity contribution in [1.82, 2.24) is 24.6 Å². The molecule has 0 saturated heterocycles. The molecule has 1 saturated carbocycles. The number of ether oxygens (including phenoxy) is 1. The lowest BCUT2D eigenvalue weighted by atomic mass is 9.97. The zero-order chi connectivity index (χ0) is 16.5. The first-order chi connectivity index (χ1) is 11.7. The number of hydrogen-bond donors (Lipinski definition) is 0. The van der Waals surface area contributed by atoms with Gasteiger partial charge in [0.25, 0.3) is 5.91 Å². The first kappa shape index (κ1) is 15.3. The number of aromatic nitrogens is 4. The topological polar surface area (TPSA) is 73.1 Å². The molecule has 2 aromatic heterocycles.